The lowest BCUT2D eigenvalue weighted by atomic mass is 10.0. The van der Waals surface area contributed by atoms with Gasteiger partial charge >= 0.3 is 5.69 Å². The molecule has 0 fully saturated rings. The molecule has 154 valence electrons. The minimum atomic E-state index is -0.500. The van der Waals surface area contributed by atoms with Crippen LogP contribution in [0, 0.1) is 5.92 Å². The third-order valence-corrected chi connectivity index (χ3v) is 5.19. The second-order valence-electron chi connectivity index (χ2n) is 7.61. The number of hydrogen-bond donors (Lipinski definition) is 2. The number of aromatic nitrogens is 5. The number of fused-ring (bicyclic) bond motifs is 2. The number of para-hydroxylation sites is 2. The molecule has 0 spiro atoms. The summed E-state index contributed by atoms with van der Waals surface area (Å²) in [6, 6.07) is 10.3. The Morgan fingerprint density at radius 2 is 1.77 bits per heavy atom. The van der Waals surface area contributed by atoms with E-state index >= 15 is 0 Å². The molecule has 2 N–H and O–H groups in total. The number of rotatable bonds is 4. The summed E-state index contributed by atoms with van der Waals surface area (Å²) in [6.45, 7) is 3.97. The summed E-state index contributed by atoms with van der Waals surface area (Å²) in [7, 11) is 2.93. The zero-order valence-electron chi connectivity index (χ0n) is 17.1. The average molecular weight is 406 g/mol. The summed E-state index contributed by atoms with van der Waals surface area (Å²) in [4.78, 5) is 49.6. The monoisotopic (exact) mass is 406 g/mol. The molecule has 0 aliphatic heterocycles. The maximum atomic E-state index is 13.0. The highest BCUT2D eigenvalue weighted by Crippen LogP contribution is 2.22. The van der Waals surface area contributed by atoms with Crippen molar-refractivity contribution in [3.63, 3.8) is 0 Å². The standard InChI is InChI=1S/C21H22N6O3/c1-11(2)16(17-22-13-7-5-6-8-14(13)23-17)25-19(28)15-10-9-12-18(24-15)26(3)21(30)27(4)20(12)29/h5-11,16H,1-4H3,(H,22,23)(H,25,28). The third-order valence-electron chi connectivity index (χ3n) is 5.19. The van der Waals surface area contributed by atoms with Gasteiger partial charge in [0.1, 0.15) is 17.2 Å². The summed E-state index contributed by atoms with van der Waals surface area (Å²) in [5.41, 5.74) is 1.05. The van der Waals surface area contributed by atoms with Crippen LogP contribution in [-0.2, 0) is 14.1 Å². The second kappa shape index (κ2) is 7.25. The van der Waals surface area contributed by atoms with E-state index in [0.717, 1.165) is 15.6 Å². The Hall–Kier alpha value is -3.75. The van der Waals surface area contributed by atoms with E-state index in [2.05, 4.69) is 20.3 Å². The number of aromatic amines is 1. The number of H-pyrrole nitrogens is 1. The predicted molar refractivity (Wildman–Crippen MR) is 113 cm³/mol. The van der Waals surface area contributed by atoms with Gasteiger partial charge in [-0.25, -0.2) is 14.8 Å². The number of amides is 1. The van der Waals surface area contributed by atoms with Crippen LogP contribution in [0.4, 0.5) is 0 Å². The van der Waals surface area contributed by atoms with Crippen molar-refractivity contribution in [1.29, 1.82) is 0 Å². The number of nitrogens with zero attached hydrogens (tertiary/aromatic N) is 4. The van der Waals surface area contributed by atoms with Gasteiger partial charge in [-0.15, -0.1) is 0 Å². The van der Waals surface area contributed by atoms with E-state index in [1.807, 2.05) is 38.1 Å². The summed E-state index contributed by atoms with van der Waals surface area (Å²) in [5, 5.41) is 3.24. The van der Waals surface area contributed by atoms with Gasteiger partial charge in [0.05, 0.1) is 22.5 Å². The molecule has 0 aliphatic rings. The number of carbonyl (C=O) groups excluding carboxylic acids is 1. The average Bonchev–Trinajstić information content (AvgIpc) is 3.17. The molecule has 0 saturated heterocycles. The molecule has 4 rings (SSSR count). The highest BCUT2D eigenvalue weighted by Gasteiger charge is 2.23. The second-order valence-corrected chi connectivity index (χ2v) is 7.61. The van der Waals surface area contributed by atoms with Crippen LogP contribution in [-0.4, -0.2) is 30.0 Å². The number of pyridine rings is 1. The Balaban J connectivity index is 1.71. The molecule has 1 amide bonds. The van der Waals surface area contributed by atoms with Gasteiger partial charge in [-0.1, -0.05) is 26.0 Å². The first-order chi connectivity index (χ1) is 14.3. The number of nitrogens with one attached hydrogen (secondary N) is 2. The number of benzene rings is 1. The first-order valence-corrected chi connectivity index (χ1v) is 9.60. The van der Waals surface area contributed by atoms with Crippen LogP contribution in [0.3, 0.4) is 0 Å². The van der Waals surface area contributed by atoms with Gasteiger partial charge in [0.2, 0.25) is 0 Å². The maximum absolute atomic E-state index is 13.0. The van der Waals surface area contributed by atoms with Crippen molar-refractivity contribution in [2.75, 3.05) is 0 Å². The van der Waals surface area contributed by atoms with Gasteiger partial charge < -0.3 is 10.3 Å². The van der Waals surface area contributed by atoms with E-state index in [1.165, 1.54) is 30.8 Å². The van der Waals surface area contributed by atoms with Crippen molar-refractivity contribution < 1.29 is 4.79 Å². The Kier molecular flexibility index (Phi) is 4.73. The van der Waals surface area contributed by atoms with Gasteiger partial charge in [-0.2, -0.15) is 0 Å². The van der Waals surface area contributed by atoms with Crippen LogP contribution < -0.4 is 16.6 Å². The normalized spacial score (nSPS) is 12.6. The van der Waals surface area contributed by atoms with E-state index in [1.54, 1.807) is 0 Å². The highest BCUT2D eigenvalue weighted by atomic mass is 16.2. The lowest BCUT2D eigenvalue weighted by Crippen LogP contribution is -2.38. The Morgan fingerprint density at radius 1 is 1.03 bits per heavy atom. The summed E-state index contributed by atoms with van der Waals surface area (Å²) >= 11 is 0. The first-order valence-electron chi connectivity index (χ1n) is 9.60. The van der Waals surface area contributed by atoms with Crippen molar-refractivity contribution in [3.05, 3.63) is 68.8 Å². The van der Waals surface area contributed by atoms with Gasteiger partial charge in [-0.05, 0) is 30.2 Å². The van der Waals surface area contributed by atoms with E-state index in [-0.39, 0.29) is 28.7 Å². The number of aryl methyl sites for hydroxylation is 1. The molecule has 3 heterocycles. The topological polar surface area (TPSA) is 115 Å². The Morgan fingerprint density at radius 3 is 2.47 bits per heavy atom. The molecular weight excluding hydrogens is 384 g/mol. The van der Waals surface area contributed by atoms with Crippen LogP contribution >= 0.6 is 0 Å². The predicted octanol–water partition coefficient (Wildman–Crippen LogP) is 1.64. The molecule has 0 radical (unpaired) electrons. The van der Waals surface area contributed by atoms with E-state index in [9.17, 15) is 14.4 Å². The molecule has 3 aromatic heterocycles. The van der Waals surface area contributed by atoms with Crippen molar-refractivity contribution >= 4 is 28.0 Å². The molecule has 0 bridgehead atoms. The molecule has 9 heteroatoms. The number of imidazole rings is 1. The van der Waals surface area contributed by atoms with E-state index in [4.69, 9.17) is 0 Å². The van der Waals surface area contributed by atoms with E-state index in [0.29, 0.717) is 5.82 Å². The SMILES string of the molecule is CC(C)C(NC(=O)c1ccc2c(=O)n(C)c(=O)n(C)c2n1)c1nc2ccccc2[nH]1. The Bertz CT molecular complexity index is 1360. The van der Waals surface area contributed by atoms with Crippen LogP contribution in [0.2, 0.25) is 0 Å². The van der Waals surface area contributed by atoms with Crippen molar-refractivity contribution in [1.82, 2.24) is 29.4 Å². The number of hydrogen-bond acceptors (Lipinski definition) is 5. The van der Waals surface area contributed by atoms with Crippen LogP contribution in [0.5, 0.6) is 0 Å². The summed E-state index contributed by atoms with van der Waals surface area (Å²) < 4.78 is 2.27. The van der Waals surface area contributed by atoms with Gasteiger partial charge in [-0.3, -0.25) is 18.7 Å². The fraction of sp³-hybridized carbons (Fsp3) is 0.286. The molecule has 1 aromatic carbocycles. The van der Waals surface area contributed by atoms with Crippen molar-refractivity contribution in [2.24, 2.45) is 20.0 Å². The lowest BCUT2D eigenvalue weighted by molar-refractivity contribution is 0.0918. The number of carbonyl (C=O) groups is 1. The molecule has 0 aliphatic carbocycles. The Labute approximate surface area is 171 Å². The summed E-state index contributed by atoms with van der Waals surface area (Å²) in [5.74, 6) is 0.303. The molecule has 0 saturated carbocycles. The fourth-order valence-electron chi connectivity index (χ4n) is 3.47. The highest BCUT2D eigenvalue weighted by molar-refractivity contribution is 5.94. The molecule has 9 nitrogen and oxygen atoms in total. The minimum Gasteiger partial charge on any atom is -0.340 e. The zero-order valence-corrected chi connectivity index (χ0v) is 17.1. The quantitative estimate of drug-likeness (QED) is 0.535. The van der Waals surface area contributed by atoms with Gasteiger partial charge in [0.15, 0.2) is 0 Å². The van der Waals surface area contributed by atoms with Gasteiger partial charge in [0.25, 0.3) is 11.5 Å². The van der Waals surface area contributed by atoms with Crippen LogP contribution in [0.15, 0.2) is 46.0 Å². The molecule has 1 unspecified atom stereocenters. The lowest BCUT2D eigenvalue weighted by Gasteiger charge is -2.20. The largest absolute Gasteiger partial charge is 0.340 e. The van der Waals surface area contributed by atoms with Crippen molar-refractivity contribution in [2.45, 2.75) is 19.9 Å². The van der Waals surface area contributed by atoms with E-state index < -0.39 is 17.2 Å². The fourth-order valence-corrected chi connectivity index (χ4v) is 3.47. The zero-order chi connectivity index (χ0) is 21.6. The van der Waals surface area contributed by atoms with Crippen LogP contribution in [0.25, 0.3) is 22.1 Å². The minimum absolute atomic E-state index is 0.0617. The maximum Gasteiger partial charge on any atom is 0.332 e. The summed E-state index contributed by atoms with van der Waals surface area (Å²) in [6.07, 6.45) is 0. The smallest absolute Gasteiger partial charge is 0.332 e. The molecule has 30 heavy (non-hydrogen) atoms. The molecule has 4 aromatic rings. The first kappa shape index (κ1) is 19.6. The van der Waals surface area contributed by atoms with Crippen molar-refractivity contribution in [3.8, 4) is 0 Å². The van der Waals surface area contributed by atoms with Crippen LogP contribution in [0.1, 0.15) is 36.2 Å². The molecular formula is C21H22N6O3. The molecule has 1 atom stereocenters. The third kappa shape index (κ3) is 3.18. The van der Waals surface area contributed by atoms with Gasteiger partial charge in [0, 0.05) is 14.1 Å².